The maximum Gasteiger partial charge on any atom is 0.252 e. The molecule has 0 aliphatic carbocycles. The first-order chi connectivity index (χ1) is 8.68. The average Bonchev–Trinajstić information content (AvgIpc) is 2.40. The van der Waals surface area contributed by atoms with Crippen molar-refractivity contribution >= 4 is 21.8 Å². The van der Waals surface area contributed by atoms with Crippen LogP contribution in [0.3, 0.4) is 0 Å². The second-order valence-electron chi connectivity index (χ2n) is 4.73. The van der Waals surface area contributed by atoms with E-state index in [-0.39, 0.29) is 5.91 Å². The first-order valence-corrected chi connectivity index (χ1v) is 7.09. The third kappa shape index (κ3) is 3.33. The number of rotatable bonds is 3. The summed E-state index contributed by atoms with van der Waals surface area (Å²) in [5, 5.41) is 2.99. The topological polar surface area (TPSA) is 38.3 Å². The molecule has 1 aliphatic rings. The number of aryl methyl sites for hydroxylation is 1. The molecule has 1 aromatic rings. The molecule has 0 spiro atoms. The number of benzene rings is 1. The molecule has 98 valence electrons. The lowest BCUT2D eigenvalue weighted by Gasteiger charge is -2.22. The molecule has 1 fully saturated rings. The summed E-state index contributed by atoms with van der Waals surface area (Å²) in [5.74, 6) is 0.433. The molecule has 1 amide bonds. The van der Waals surface area contributed by atoms with Crippen LogP contribution in [0.5, 0.6) is 0 Å². The zero-order chi connectivity index (χ0) is 13.0. The van der Waals surface area contributed by atoms with Crippen LogP contribution in [0.1, 0.15) is 28.8 Å². The number of carbonyl (C=O) groups excluding carboxylic acids is 1. The van der Waals surface area contributed by atoms with E-state index in [0.717, 1.165) is 36.1 Å². The minimum Gasteiger partial charge on any atom is -0.381 e. The van der Waals surface area contributed by atoms with Gasteiger partial charge in [-0.25, -0.2) is 0 Å². The van der Waals surface area contributed by atoms with Crippen molar-refractivity contribution in [3.05, 3.63) is 33.8 Å². The van der Waals surface area contributed by atoms with Gasteiger partial charge in [0.05, 0.1) is 12.2 Å². The third-order valence-electron chi connectivity index (χ3n) is 3.24. The molecule has 1 heterocycles. The van der Waals surface area contributed by atoms with Gasteiger partial charge in [0.15, 0.2) is 0 Å². The highest BCUT2D eigenvalue weighted by Crippen LogP contribution is 2.21. The average molecular weight is 312 g/mol. The smallest absolute Gasteiger partial charge is 0.252 e. The van der Waals surface area contributed by atoms with E-state index in [1.54, 1.807) is 0 Å². The van der Waals surface area contributed by atoms with Gasteiger partial charge < -0.3 is 10.1 Å². The minimum absolute atomic E-state index is 0.0175. The molecule has 3 nitrogen and oxygen atoms in total. The molecular weight excluding hydrogens is 294 g/mol. The van der Waals surface area contributed by atoms with E-state index in [0.29, 0.717) is 18.0 Å². The van der Waals surface area contributed by atoms with Gasteiger partial charge in [0, 0.05) is 17.6 Å². The number of hydrogen-bond acceptors (Lipinski definition) is 2. The fourth-order valence-electron chi connectivity index (χ4n) is 2.12. The minimum atomic E-state index is -0.0175. The summed E-state index contributed by atoms with van der Waals surface area (Å²) in [6.07, 6.45) is 2.23. The molecule has 0 saturated carbocycles. The van der Waals surface area contributed by atoms with Crippen LogP contribution in [0.15, 0.2) is 22.7 Å². The summed E-state index contributed by atoms with van der Waals surface area (Å²) in [5.41, 5.74) is 1.77. The Bertz CT molecular complexity index is 428. The number of hydrogen-bond donors (Lipinski definition) is 1. The van der Waals surface area contributed by atoms with Crippen molar-refractivity contribution < 1.29 is 9.53 Å². The Morgan fingerprint density at radius 1 is 1.56 bits per heavy atom. The molecule has 1 saturated heterocycles. The van der Waals surface area contributed by atoms with Crippen LogP contribution in [0.2, 0.25) is 0 Å². The van der Waals surface area contributed by atoms with Crippen LogP contribution in [0.25, 0.3) is 0 Å². The Kier molecular flexibility index (Phi) is 4.78. The summed E-state index contributed by atoms with van der Waals surface area (Å²) in [4.78, 5) is 12.1. The molecular formula is C14H18BrNO2. The molecule has 0 radical (unpaired) electrons. The standard InChI is InChI=1S/C14H18BrNO2/c1-10-4-2-6-12(13(10)15)14(17)16-8-11-5-3-7-18-9-11/h2,4,6,11H,3,5,7-9H2,1H3,(H,16,17). The summed E-state index contributed by atoms with van der Waals surface area (Å²) in [6, 6.07) is 5.72. The molecule has 18 heavy (non-hydrogen) atoms. The number of amides is 1. The first kappa shape index (κ1) is 13.6. The maximum atomic E-state index is 12.1. The van der Waals surface area contributed by atoms with Gasteiger partial charge in [0.25, 0.3) is 5.91 Å². The van der Waals surface area contributed by atoms with Crippen LogP contribution in [-0.4, -0.2) is 25.7 Å². The lowest BCUT2D eigenvalue weighted by Crippen LogP contribution is -2.33. The second kappa shape index (κ2) is 6.34. The van der Waals surface area contributed by atoms with Crippen molar-refractivity contribution in [2.24, 2.45) is 5.92 Å². The Morgan fingerprint density at radius 3 is 3.11 bits per heavy atom. The highest BCUT2D eigenvalue weighted by atomic mass is 79.9. The summed E-state index contributed by atoms with van der Waals surface area (Å²) in [7, 11) is 0. The fraction of sp³-hybridized carbons (Fsp3) is 0.500. The number of carbonyl (C=O) groups is 1. The first-order valence-electron chi connectivity index (χ1n) is 6.29. The van der Waals surface area contributed by atoms with Gasteiger partial charge in [-0.2, -0.15) is 0 Å². The quantitative estimate of drug-likeness (QED) is 0.932. The molecule has 1 unspecified atom stereocenters. The lowest BCUT2D eigenvalue weighted by atomic mass is 10.0. The van der Waals surface area contributed by atoms with Gasteiger partial charge >= 0.3 is 0 Å². The van der Waals surface area contributed by atoms with Crippen LogP contribution in [0.4, 0.5) is 0 Å². The van der Waals surface area contributed by atoms with E-state index in [2.05, 4.69) is 21.2 Å². The SMILES string of the molecule is Cc1cccc(C(=O)NCC2CCCOC2)c1Br. The normalized spacial score (nSPS) is 19.6. The van der Waals surface area contributed by atoms with Crippen molar-refractivity contribution in [2.45, 2.75) is 19.8 Å². The molecule has 1 N–H and O–H groups in total. The Balaban J connectivity index is 1.93. The van der Waals surface area contributed by atoms with E-state index in [9.17, 15) is 4.79 Å². The predicted molar refractivity (Wildman–Crippen MR) is 74.8 cm³/mol. The molecule has 2 rings (SSSR count). The number of nitrogens with one attached hydrogen (secondary N) is 1. The van der Waals surface area contributed by atoms with Gasteiger partial charge in [-0.3, -0.25) is 4.79 Å². The van der Waals surface area contributed by atoms with Crippen LogP contribution in [-0.2, 0) is 4.74 Å². The molecule has 1 atom stereocenters. The lowest BCUT2D eigenvalue weighted by molar-refractivity contribution is 0.0536. The molecule has 0 bridgehead atoms. The second-order valence-corrected chi connectivity index (χ2v) is 5.52. The van der Waals surface area contributed by atoms with Gasteiger partial charge in [-0.15, -0.1) is 0 Å². The van der Waals surface area contributed by atoms with E-state index in [1.165, 1.54) is 0 Å². The zero-order valence-electron chi connectivity index (χ0n) is 10.5. The van der Waals surface area contributed by atoms with Crippen molar-refractivity contribution in [3.63, 3.8) is 0 Å². The van der Waals surface area contributed by atoms with E-state index in [4.69, 9.17) is 4.74 Å². The highest BCUT2D eigenvalue weighted by molar-refractivity contribution is 9.10. The van der Waals surface area contributed by atoms with Crippen LogP contribution >= 0.6 is 15.9 Å². The summed E-state index contributed by atoms with van der Waals surface area (Å²) < 4.78 is 6.28. The Morgan fingerprint density at radius 2 is 2.39 bits per heavy atom. The van der Waals surface area contributed by atoms with E-state index in [1.807, 2.05) is 25.1 Å². The molecule has 0 aromatic heterocycles. The van der Waals surface area contributed by atoms with Gasteiger partial charge in [-0.05, 0) is 53.2 Å². The van der Waals surface area contributed by atoms with Crippen molar-refractivity contribution in [1.29, 1.82) is 0 Å². The number of halogens is 1. The summed E-state index contributed by atoms with van der Waals surface area (Å²) >= 11 is 3.46. The van der Waals surface area contributed by atoms with Gasteiger partial charge in [0.1, 0.15) is 0 Å². The Hall–Kier alpha value is -0.870. The zero-order valence-corrected chi connectivity index (χ0v) is 12.1. The van der Waals surface area contributed by atoms with Gasteiger partial charge in [0.2, 0.25) is 0 Å². The van der Waals surface area contributed by atoms with Crippen molar-refractivity contribution in [2.75, 3.05) is 19.8 Å². The van der Waals surface area contributed by atoms with Crippen LogP contribution in [0, 0.1) is 12.8 Å². The summed E-state index contributed by atoms with van der Waals surface area (Å²) in [6.45, 7) is 4.29. The maximum absolute atomic E-state index is 12.1. The predicted octanol–water partition coefficient (Wildman–Crippen LogP) is 2.91. The van der Waals surface area contributed by atoms with Crippen molar-refractivity contribution in [1.82, 2.24) is 5.32 Å². The van der Waals surface area contributed by atoms with Gasteiger partial charge in [-0.1, -0.05) is 12.1 Å². The fourth-order valence-corrected chi connectivity index (χ4v) is 2.57. The largest absolute Gasteiger partial charge is 0.381 e. The molecule has 1 aromatic carbocycles. The highest BCUT2D eigenvalue weighted by Gasteiger charge is 2.16. The molecule has 1 aliphatic heterocycles. The third-order valence-corrected chi connectivity index (χ3v) is 4.29. The van der Waals surface area contributed by atoms with E-state index < -0.39 is 0 Å². The van der Waals surface area contributed by atoms with E-state index >= 15 is 0 Å². The molecule has 4 heteroatoms. The van der Waals surface area contributed by atoms with Crippen molar-refractivity contribution in [3.8, 4) is 0 Å². The monoisotopic (exact) mass is 311 g/mol. The number of ether oxygens (including phenoxy) is 1. The van der Waals surface area contributed by atoms with Crippen LogP contribution < -0.4 is 5.32 Å². The Labute approximate surface area is 116 Å².